The number of carbonyl (C=O) groups excluding carboxylic acids is 1. The molecule has 2 heterocycles. The fraction of sp³-hybridized carbons (Fsp3) is 0.300. The molecule has 0 atom stereocenters. The first-order valence-corrected chi connectivity index (χ1v) is 11.4. The van der Waals surface area contributed by atoms with Gasteiger partial charge in [0.2, 0.25) is 5.91 Å². The first-order chi connectivity index (χ1) is 15.0. The number of anilines is 1. The number of nitriles is 1. The molecule has 0 aliphatic heterocycles. The summed E-state index contributed by atoms with van der Waals surface area (Å²) in [4.78, 5) is 24.1. The summed E-state index contributed by atoms with van der Waals surface area (Å²) in [6.07, 6.45) is 4.04. The standard InChI is InChI=1S/C20H18N6O3S2/c1-25-18(12-6-8-13(9-7-12)26(28)29)23-24-20(25)30-11-17(27)22-19-15(10-21)14-4-2-3-5-16(14)31-19/h6-9H,2-5,11H2,1H3,(H,22,27). The van der Waals surface area contributed by atoms with Gasteiger partial charge in [-0.25, -0.2) is 0 Å². The van der Waals surface area contributed by atoms with Crippen LogP contribution in [-0.2, 0) is 24.7 Å². The Morgan fingerprint density at radius 1 is 1.32 bits per heavy atom. The largest absolute Gasteiger partial charge is 0.316 e. The van der Waals surface area contributed by atoms with Gasteiger partial charge in [0, 0.05) is 29.6 Å². The topological polar surface area (TPSA) is 127 Å². The van der Waals surface area contributed by atoms with Crippen LogP contribution in [0.15, 0.2) is 29.4 Å². The Bertz CT molecular complexity index is 1190. The zero-order chi connectivity index (χ0) is 22.0. The molecule has 4 rings (SSSR count). The molecular formula is C20H18N6O3S2. The number of nitro groups is 1. The average Bonchev–Trinajstić information content (AvgIpc) is 3.31. The molecule has 0 spiro atoms. The van der Waals surface area contributed by atoms with Crippen molar-refractivity contribution >= 4 is 39.7 Å². The average molecular weight is 455 g/mol. The molecule has 0 radical (unpaired) electrons. The number of benzene rings is 1. The second-order valence-electron chi connectivity index (χ2n) is 7.03. The highest BCUT2D eigenvalue weighted by Gasteiger charge is 2.22. The number of nitrogens with one attached hydrogen (secondary N) is 1. The van der Waals surface area contributed by atoms with Crippen LogP contribution < -0.4 is 5.32 Å². The van der Waals surface area contributed by atoms with E-state index in [-0.39, 0.29) is 17.3 Å². The fourth-order valence-electron chi connectivity index (χ4n) is 3.49. The third-order valence-corrected chi connectivity index (χ3v) is 7.27. The summed E-state index contributed by atoms with van der Waals surface area (Å²) in [5.74, 6) is 0.468. The summed E-state index contributed by atoms with van der Waals surface area (Å²) in [6, 6.07) is 8.31. The Morgan fingerprint density at radius 2 is 2.06 bits per heavy atom. The van der Waals surface area contributed by atoms with Crippen molar-refractivity contribution < 1.29 is 9.72 Å². The summed E-state index contributed by atoms with van der Waals surface area (Å²) in [6.45, 7) is 0. The zero-order valence-electron chi connectivity index (χ0n) is 16.6. The number of aromatic nitrogens is 3. The van der Waals surface area contributed by atoms with Crippen molar-refractivity contribution in [2.24, 2.45) is 7.05 Å². The minimum absolute atomic E-state index is 0.00387. The first kappa shape index (κ1) is 21.0. The quantitative estimate of drug-likeness (QED) is 0.339. The van der Waals surface area contributed by atoms with Crippen LogP contribution in [0.3, 0.4) is 0 Å². The van der Waals surface area contributed by atoms with Gasteiger partial charge in [-0.2, -0.15) is 5.26 Å². The smallest absolute Gasteiger partial charge is 0.269 e. The van der Waals surface area contributed by atoms with Gasteiger partial charge in [-0.3, -0.25) is 14.9 Å². The number of nitro benzene ring substituents is 1. The van der Waals surface area contributed by atoms with Crippen molar-refractivity contribution in [2.75, 3.05) is 11.1 Å². The molecule has 1 amide bonds. The van der Waals surface area contributed by atoms with Crippen molar-refractivity contribution in [3.8, 4) is 17.5 Å². The highest BCUT2D eigenvalue weighted by atomic mass is 32.2. The molecule has 158 valence electrons. The Hall–Kier alpha value is -3.23. The van der Waals surface area contributed by atoms with Crippen LogP contribution in [0.1, 0.15) is 28.8 Å². The van der Waals surface area contributed by atoms with E-state index in [9.17, 15) is 20.2 Å². The van der Waals surface area contributed by atoms with E-state index in [0.717, 1.165) is 31.2 Å². The number of non-ortho nitro benzene ring substituents is 1. The van der Waals surface area contributed by atoms with Gasteiger partial charge in [0.15, 0.2) is 11.0 Å². The molecule has 11 heteroatoms. The van der Waals surface area contributed by atoms with E-state index in [0.29, 0.717) is 27.1 Å². The highest BCUT2D eigenvalue weighted by Crippen LogP contribution is 2.37. The summed E-state index contributed by atoms with van der Waals surface area (Å²) in [5.41, 5.74) is 2.38. The molecule has 1 aromatic carbocycles. The van der Waals surface area contributed by atoms with E-state index in [1.807, 2.05) is 0 Å². The van der Waals surface area contributed by atoms with Crippen LogP contribution in [0.4, 0.5) is 10.7 Å². The molecule has 2 aromatic heterocycles. The van der Waals surface area contributed by atoms with Crippen molar-refractivity contribution in [1.82, 2.24) is 14.8 Å². The number of fused-ring (bicyclic) bond motifs is 1. The predicted molar refractivity (Wildman–Crippen MR) is 118 cm³/mol. The van der Waals surface area contributed by atoms with E-state index in [1.54, 1.807) is 23.7 Å². The molecule has 0 saturated heterocycles. The third kappa shape index (κ3) is 4.30. The minimum Gasteiger partial charge on any atom is -0.316 e. The van der Waals surface area contributed by atoms with Gasteiger partial charge < -0.3 is 9.88 Å². The molecule has 0 fully saturated rings. The van der Waals surface area contributed by atoms with E-state index in [4.69, 9.17) is 0 Å². The van der Waals surface area contributed by atoms with Gasteiger partial charge >= 0.3 is 0 Å². The molecule has 9 nitrogen and oxygen atoms in total. The van der Waals surface area contributed by atoms with Gasteiger partial charge in [-0.15, -0.1) is 21.5 Å². The van der Waals surface area contributed by atoms with E-state index in [1.165, 1.54) is 40.1 Å². The number of hydrogen-bond acceptors (Lipinski definition) is 8. The minimum atomic E-state index is -0.456. The normalized spacial score (nSPS) is 12.8. The van der Waals surface area contributed by atoms with Crippen molar-refractivity contribution in [1.29, 1.82) is 5.26 Å². The van der Waals surface area contributed by atoms with Gasteiger partial charge in [0.1, 0.15) is 11.1 Å². The number of nitrogens with zero attached hydrogens (tertiary/aromatic N) is 5. The molecule has 0 unspecified atom stereocenters. The number of aryl methyl sites for hydroxylation is 1. The molecule has 31 heavy (non-hydrogen) atoms. The SMILES string of the molecule is Cn1c(SCC(=O)Nc2sc3c(c2C#N)CCCC3)nnc1-c1ccc([N+](=O)[O-])cc1. The van der Waals surface area contributed by atoms with Crippen molar-refractivity contribution in [3.63, 3.8) is 0 Å². The molecule has 1 aliphatic rings. The summed E-state index contributed by atoms with van der Waals surface area (Å²) >= 11 is 2.74. The number of thioether (sulfide) groups is 1. The predicted octanol–water partition coefficient (Wildman–Crippen LogP) is 3.93. The summed E-state index contributed by atoms with van der Waals surface area (Å²) in [7, 11) is 1.78. The highest BCUT2D eigenvalue weighted by molar-refractivity contribution is 7.99. The Kier molecular flexibility index (Phi) is 6.01. The molecule has 1 aliphatic carbocycles. The molecule has 3 aromatic rings. The van der Waals surface area contributed by atoms with Gasteiger partial charge in [-0.1, -0.05) is 11.8 Å². The van der Waals surface area contributed by atoms with E-state index in [2.05, 4.69) is 21.6 Å². The second kappa shape index (κ2) is 8.87. The third-order valence-electron chi connectivity index (χ3n) is 5.04. The van der Waals surface area contributed by atoms with Crippen molar-refractivity contribution in [2.45, 2.75) is 30.8 Å². The lowest BCUT2D eigenvalue weighted by atomic mass is 9.96. The van der Waals surface area contributed by atoms with E-state index < -0.39 is 4.92 Å². The fourth-order valence-corrected chi connectivity index (χ4v) is 5.46. The Balaban J connectivity index is 1.42. The second-order valence-corrected chi connectivity index (χ2v) is 9.08. The lowest BCUT2D eigenvalue weighted by molar-refractivity contribution is -0.384. The first-order valence-electron chi connectivity index (χ1n) is 9.59. The maximum Gasteiger partial charge on any atom is 0.269 e. The van der Waals surface area contributed by atoms with Crippen molar-refractivity contribution in [3.05, 3.63) is 50.4 Å². The van der Waals surface area contributed by atoms with Gasteiger partial charge in [-0.05, 0) is 43.4 Å². The van der Waals surface area contributed by atoms with Crippen LogP contribution in [0.5, 0.6) is 0 Å². The zero-order valence-corrected chi connectivity index (χ0v) is 18.3. The van der Waals surface area contributed by atoms with E-state index >= 15 is 0 Å². The van der Waals surface area contributed by atoms with Crippen LogP contribution in [-0.4, -0.2) is 31.3 Å². The molecule has 0 bridgehead atoms. The number of thiophene rings is 1. The lowest BCUT2D eigenvalue weighted by Gasteiger charge is -2.09. The molecule has 0 saturated carbocycles. The number of rotatable bonds is 6. The Labute approximate surface area is 186 Å². The number of hydrogen-bond donors (Lipinski definition) is 1. The summed E-state index contributed by atoms with van der Waals surface area (Å²) in [5, 5.41) is 32.7. The van der Waals surface area contributed by atoms with Crippen LogP contribution in [0.2, 0.25) is 0 Å². The summed E-state index contributed by atoms with van der Waals surface area (Å²) < 4.78 is 1.74. The van der Waals surface area contributed by atoms with Crippen LogP contribution in [0.25, 0.3) is 11.4 Å². The molecular weight excluding hydrogens is 436 g/mol. The monoisotopic (exact) mass is 454 g/mol. The maximum absolute atomic E-state index is 12.5. The van der Waals surface area contributed by atoms with Gasteiger partial charge in [0.05, 0.1) is 16.2 Å². The number of carbonyl (C=O) groups is 1. The van der Waals surface area contributed by atoms with Gasteiger partial charge in [0.25, 0.3) is 5.69 Å². The molecule has 1 N–H and O–H groups in total. The lowest BCUT2D eigenvalue weighted by Crippen LogP contribution is -2.14. The maximum atomic E-state index is 12.5. The Morgan fingerprint density at radius 3 is 2.77 bits per heavy atom. The number of amides is 1. The van der Waals surface area contributed by atoms with Crippen LogP contribution >= 0.6 is 23.1 Å². The van der Waals surface area contributed by atoms with Crippen LogP contribution in [0, 0.1) is 21.4 Å².